The molecule has 3 nitrogen and oxygen atoms in total. The molecule has 1 aliphatic carbocycles. The van der Waals surface area contributed by atoms with Crippen molar-refractivity contribution in [2.75, 3.05) is 11.3 Å². The minimum absolute atomic E-state index is 0.628. The van der Waals surface area contributed by atoms with E-state index in [1.165, 1.54) is 22.4 Å². The summed E-state index contributed by atoms with van der Waals surface area (Å²) in [5.41, 5.74) is 4.84. The first kappa shape index (κ1) is 20.2. The number of anilines is 1. The van der Waals surface area contributed by atoms with Crippen LogP contribution in [0.3, 0.4) is 0 Å². The highest BCUT2D eigenvalue weighted by molar-refractivity contribution is 8.00. The van der Waals surface area contributed by atoms with E-state index < -0.39 is 0 Å². The summed E-state index contributed by atoms with van der Waals surface area (Å²) >= 11 is 15.7. The van der Waals surface area contributed by atoms with Gasteiger partial charge < -0.3 is 9.71 Å². The van der Waals surface area contributed by atoms with E-state index in [0.29, 0.717) is 16.0 Å². The van der Waals surface area contributed by atoms with Crippen LogP contribution in [0.1, 0.15) is 17.0 Å². The summed E-state index contributed by atoms with van der Waals surface area (Å²) in [7, 11) is 0. The van der Waals surface area contributed by atoms with Crippen LogP contribution in [0.15, 0.2) is 76.7 Å². The van der Waals surface area contributed by atoms with Crippen molar-refractivity contribution in [2.45, 2.75) is 22.1 Å². The Balaban J connectivity index is 1.15. The van der Waals surface area contributed by atoms with Gasteiger partial charge in [0.1, 0.15) is 0 Å². The molecule has 1 aliphatic rings. The van der Waals surface area contributed by atoms with Crippen molar-refractivity contribution in [2.24, 2.45) is 0 Å². The quantitative estimate of drug-likeness (QED) is 0.243. The Morgan fingerprint density at radius 1 is 0.900 bits per heavy atom. The van der Waals surface area contributed by atoms with Gasteiger partial charge in [-0.15, -0.1) is 0 Å². The summed E-state index contributed by atoms with van der Waals surface area (Å²) in [6.07, 6.45) is 2.93. The fraction of sp³-hybridized carbons (Fsp3) is 0.130. The molecule has 1 unspecified atom stereocenters. The number of nitrogens with one attached hydrogen (secondary N) is 3. The maximum atomic E-state index is 6.26. The molecular weight excluding hydrogens is 453 g/mol. The zero-order chi connectivity index (χ0) is 20.5. The molecule has 152 valence electrons. The van der Waals surface area contributed by atoms with Crippen LogP contribution in [0.25, 0.3) is 10.9 Å². The van der Waals surface area contributed by atoms with Gasteiger partial charge in [0.05, 0.1) is 21.2 Å². The summed E-state index contributed by atoms with van der Waals surface area (Å²) in [6, 6.07) is 21.0. The molecule has 0 saturated carbocycles. The van der Waals surface area contributed by atoms with Gasteiger partial charge in [0.25, 0.3) is 0 Å². The van der Waals surface area contributed by atoms with Crippen LogP contribution in [-0.4, -0.2) is 11.5 Å². The minimum atomic E-state index is 0.628. The molecule has 7 heteroatoms. The van der Waals surface area contributed by atoms with Gasteiger partial charge in [-0.05, 0) is 77.8 Å². The first-order valence-corrected chi connectivity index (χ1v) is 12.0. The Hall–Kier alpha value is -1.76. The molecule has 1 heterocycles. The summed E-state index contributed by atoms with van der Waals surface area (Å²) in [6.45, 7) is 0.991. The molecule has 0 saturated heterocycles. The van der Waals surface area contributed by atoms with E-state index in [1.807, 2.05) is 12.1 Å². The molecule has 0 spiro atoms. The molecule has 0 bridgehead atoms. The molecule has 0 fully saturated rings. The van der Waals surface area contributed by atoms with E-state index in [1.54, 1.807) is 30.1 Å². The summed E-state index contributed by atoms with van der Waals surface area (Å²) in [4.78, 5) is 5.52. The second-order valence-electron chi connectivity index (χ2n) is 7.21. The Morgan fingerprint density at radius 3 is 2.47 bits per heavy atom. The van der Waals surface area contributed by atoms with Crippen LogP contribution in [0.2, 0.25) is 10.0 Å². The monoisotopic (exact) mass is 471 g/mol. The van der Waals surface area contributed by atoms with E-state index in [-0.39, 0.29) is 0 Å². The summed E-state index contributed by atoms with van der Waals surface area (Å²) in [5.74, 6) is 0.630. The fourth-order valence-corrected chi connectivity index (χ4v) is 5.67. The van der Waals surface area contributed by atoms with E-state index >= 15 is 0 Å². The number of hydrogen-bond acceptors (Lipinski definition) is 4. The van der Waals surface area contributed by atoms with Crippen molar-refractivity contribution >= 4 is 63.7 Å². The maximum Gasteiger partial charge on any atom is 0.0728 e. The SMILES string of the molecule is Clc1ccc(NSc2ccc(SNCC3Cc4ccccc43)cc2)c2[nH]cc(Cl)c12. The van der Waals surface area contributed by atoms with Gasteiger partial charge in [-0.2, -0.15) is 0 Å². The van der Waals surface area contributed by atoms with Crippen molar-refractivity contribution in [3.8, 4) is 0 Å². The Morgan fingerprint density at radius 2 is 1.67 bits per heavy atom. The molecule has 1 atom stereocenters. The number of aromatic nitrogens is 1. The second kappa shape index (κ2) is 8.77. The van der Waals surface area contributed by atoms with Gasteiger partial charge in [0.2, 0.25) is 0 Å². The molecule has 30 heavy (non-hydrogen) atoms. The zero-order valence-electron chi connectivity index (χ0n) is 15.9. The van der Waals surface area contributed by atoms with E-state index in [4.69, 9.17) is 23.2 Å². The number of rotatable bonds is 7. The average molecular weight is 472 g/mol. The molecule has 0 aliphatic heterocycles. The second-order valence-corrected chi connectivity index (χ2v) is 9.87. The Bertz CT molecular complexity index is 1190. The lowest BCUT2D eigenvalue weighted by atomic mass is 9.78. The van der Waals surface area contributed by atoms with E-state index in [2.05, 4.69) is 63.0 Å². The minimum Gasteiger partial charge on any atom is -0.358 e. The van der Waals surface area contributed by atoms with Crippen LogP contribution in [0.4, 0.5) is 5.69 Å². The van der Waals surface area contributed by atoms with E-state index in [0.717, 1.165) is 28.0 Å². The molecule has 1 aromatic heterocycles. The predicted octanol–water partition coefficient (Wildman–Crippen LogP) is 7.53. The van der Waals surface area contributed by atoms with Gasteiger partial charge in [0, 0.05) is 33.8 Å². The topological polar surface area (TPSA) is 39.8 Å². The smallest absolute Gasteiger partial charge is 0.0728 e. The van der Waals surface area contributed by atoms with Crippen LogP contribution in [0, 0.1) is 0 Å². The fourth-order valence-electron chi connectivity index (χ4n) is 3.71. The summed E-state index contributed by atoms with van der Waals surface area (Å²) < 4.78 is 6.91. The predicted molar refractivity (Wildman–Crippen MR) is 131 cm³/mol. The first-order chi connectivity index (χ1) is 14.7. The first-order valence-electron chi connectivity index (χ1n) is 9.64. The summed E-state index contributed by atoms with van der Waals surface area (Å²) in [5, 5.41) is 2.12. The third-order valence-electron chi connectivity index (χ3n) is 5.32. The van der Waals surface area contributed by atoms with Crippen molar-refractivity contribution in [1.82, 2.24) is 9.71 Å². The molecule has 0 amide bonds. The zero-order valence-corrected chi connectivity index (χ0v) is 19.1. The molecule has 3 aromatic carbocycles. The number of fused-ring (bicyclic) bond motifs is 2. The standard InChI is InChI=1S/C23H19Cl2N3S2/c24-19-9-10-21(23-22(19)20(25)13-26-23)28-30-17-7-5-16(6-8-17)29-27-12-15-11-14-3-1-2-4-18(14)15/h1-10,13,15,26-28H,11-12H2. The molecular formula is C23H19Cl2N3S2. The van der Waals surface area contributed by atoms with Crippen molar-refractivity contribution in [1.29, 1.82) is 0 Å². The number of hydrogen-bond donors (Lipinski definition) is 3. The Kier molecular flexibility index (Phi) is 5.89. The van der Waals surface area contributed by atoms with Crippen molar-refractivity contribution < 1.29 is 0 Å². The normalized spacial score (nSPS) is 15.1. The van der Waals surface area contributed by atoms with Crippen molar-refractivity contribution in [3.63, 3.8) is 0 Å². The average Bonchev–Trinajstić information content (AvgIpc) is 3.14. The van der Waals surface area contributed by atoms with Crippen LogP contribution in [-0.2, 0) is 6.42 Å². The lowest BCUT2D eigenvalue weighted by Crippen LogP contribution is -2.25. The van der Waals surface area contributed by atoms with Crippen molar-refractivity contribution in [3.05, 3.63) is 88.0 Å². The Labute approximate surface area is 194 Å². The third-order valence-corrected chi connectivity index (χ3v) is 7.58. The molecule has 4 aromatic rings. The largest absolute Gasteiger partial charge is 0.358 e. The number of H-pyrrole nitrogens is 1. The lowest BCUT2D eigenvalue weighted by molar-refractivity contribution is 0.601. The molecule has 3 N–H and O–H groups in total. The number of halogens is 2. The molecule has 0 radical (unpaired) electrons. The van der Waals surface area contributed by atoms with Crippen LogP contribution in [0.5, 0.6) is 0 Å². The van der Waals surface area contributed by atoms with Gasteiger partial charge in [-0.3, -0.25) is 4.72 Å². The highest BCUT2D eigenvalue weighted by atomic mass is 35.5. The van der Waals surface area contributed by atoms with Gasteiger partial charge >= 0.3 is 0 Å². The third kappa shape index (κ3) is 4.05. The van der Waals surface area contributed by atoms with E-state index in [9.17, 15) is 0 Å². The van der Waals surface area contributed by atoms with Gasteiger partial charge in [0.15, 0.2) is 0 Å². The van der Waals surface area contributed by atoms with Gasteiger partial charge in [-0.1, -0.05) is 47.5 Å². The number of benzene rings is 3. The molecule has 5 rings (SSSR count). The highest BCUT2D eigenvalue weighted by Gasteiger charge is 2.24. The van der Waals surface area contributed by atoms with Crippen LogP contribution >= 0.6 is 47.1 Å². The maximum absolute atomic E-state index is 6.26. The highest BCUT2D eigenvalue weighted by Crippen LogP contribution is 2.37. The van der Waals surface area contributed by atoms with Gasteiger partial charge in [-0.25, -0.2) is 0 Å². The van der Waals surface area contributed by atoms with Crippen LogP contribution < -0.4 is 9.44 Å². The lowest BCUT2D eigenvalue weighted by Gasteiger charge is -2.30. The number of aromatic amines is 1.